The number of aliphatic hydroxyl groups excluding tert-OH is 1. The molecule has 1 atom stereocenters. The number of Topliss-reactive ketones (excluding diaryl/α,β-unsaturated/α-hetero) is 1. The summed E-state index contributed by atoms with van der Waals surface area (Å²) in [5.74, 6) is -1.63. The van der Waals surface area contributed by atoms with Crippen molar-refractivity contribution in [1.29, 1.82) is 0 Å². The van der Waals surface area contributed by atoms with E-state index in [-0.39, 0.29) is 11.3 Å². The minimum absolute atomic E-state index is 0.0498. The number of carbonyl (C=O) groups excluding carboxylic acids is 2. The Hall–Kier alpha value is -3.57. The number of carbonyl (C=O) groups is 2. The second-order valence-electron chi connectivity index (χ2n) is 8.73. The lowest BCUT2D eigenvalue weighted by molar-refractivity contribution is -0.132. The molecule has 1 aliphatic heterocycles. The van der Waals surface area contributed by atoms with Gasteiger partial charge in [0.25, 0.3) is 11.7 Å². The standard InChI is InChI=1S/C29H29ClN2O3/c1-5-31(6-2)23-14-12-20(13-15-23)26-25(27(33)21-8-7-9-22(30)17-21)28(34)29(35)32(26)24-16-18(3)10-11-19(24)4/h7-17,26,33H,5-6H2,1-4H3/b27-25+. The fourth-order valence-corrected chi connectivity index (χ4v) is 4.81. The zero-order chi connectivity index (χ0) is 25.3. The maximum atomic E-state index is 13.4. The number of benzene rings is 3. The molecule has 1 saturated heterocycles. The highest BCUT2D eigenvalue weighted by molar-refractivity contribution is 6.51. The largest absolute Gasteiger partial charge is 0.507 e. The molecule has 1 amide bonds. The molecule has 3 aromatic rings. The fraction of sp³-hybridized carbons (Fsp3) is 0.241. The number of rotatable bonds is 6. The van der Waals surface area contributed by atoms with Crippen molar-refractivity contribution >= 4 is 40.4 Å². The van der Waals surface area contributed by atoms with Crippen molar-refractivity contribution in [3.8, 4) is 0 Å². The van der Waals surface area contributed by atoms with E-state index in [4.69, 9.17) is 11.6 Å². The number of nitrogens with zero attached hydrogens (tertiary/aromatic N) is 2. The first kappa shape index (κ1) is 24.6. The highest BCUT2D eigenvalue weighted by atomic mass is 35.5. The Morgan fingerprint density at radius 2 is 1.66 bits per heavy atom. The second kappa shape index (κ2) is 9.96. The third-order valence-corrected chi connectivity index (χ3v) is 6.74. The lowest BCUT2D eigenvalue weighted by atomic mass is 9.94. The normalized spacial score (nSPS) is 17.2. The van der Waals surface area contributed by atoms with Crippen LogP contribution < -0.4 is 9.80 Å². The number of aryl methyl sites for hydroxylation is 2. The van der Waals surface area contributed by atoms with Crippen LogP contribution in [0, 0.1) is 13.8 Å². The van der Waals surface area contributed by atoms with Crippen molar-refractivity contribution in [3.63, 3.8) is 0 Å². The van der Waals surface area contributed by atoms with Crippen molar-refractivity contribution in [3.05, 3.63) is 99.6 Å². The molecule has 0 bridgehead atoms. The van der Waals surface area contributed by atoms with E-state index in [0.29, 0.717) is 16.3 Å². The average molecular weight is 489 g/mol. The van der Waals surface area contributed by atoms with E-state index < -0.39 is 17.7 Å². The molecule has 180 valence electrons. The first-order valence-electron chi connectivity index (χ1n) is 11.8. The number of aliphatic hydroxyl groups is 1. The van der Waals surface area contributed by atoms with Crippen molar-refractivity contribution < 1.29 is 14.7 Å². The smallest absolute Gasteiger partial charge is 0.300 e. The van der Waals surface area contributed by atoms with E-state index in [1.54, 1.807) is 24.3 Å². The third kappa shape index (κ3) is 4.56. The van der Waals surface area contributed by atoms with Crippen LogP contribution in [0.5, 0.6) is 0 Å². The van der Waals surface area contributed by atoms with E-state index in [1.807, 2.05) is 56.3 Å². The number of hydrogen-bond acceptors (Lipinski definition) is 4. The van der Waals surface area contributed by atoms with E-state index >= 15 is 0 Å². The Labute approximate surface area is 211 Å². The Balaban J connectivity index is 1.94. The van der Waals surface area contributed by atoms with E-state index in [9.17, 15) is 14.7 Å². The molecule has 0 aliphatic carbocycles. The summed E-state index contributed by atoms with van der Waals surface area (Å²) in [5.41, 5.74) is 4.72. The Morgan fingerprint density at radius 3 is 2.29 bits per heavy atom. The van der Waals surface area contributed by atoms with Gasteiger partial charge in [-0.05, 0) is 74.7 Å². The quantitative estimate of drug-likeness (QED) is 0.247. The van der Waals surface area contributed by atoms with Gasteiger partial charge in [-0.2, -0.15) is 0 Å². The maximum Gasteiger partial charge on any atom is 0.300 e. The topological polar surface area (TPSA) is 60.9 Å². The van der Waals surface area contributed by atoms with Gasteiger partial charge in [0.05, 0.1) is 11.6 Å². The van der Waals surface area contributed by atoms with Gasteiger partial charge in [-0.3, -0.25) is 14.5 Å². The first-order valence-corrected chi connectivity index (χ1v) is 12.1. The molecule has 0 saturated carbocycles. The molecule has 1 unspecified atom stereocenters. The second-order valence-corrected chi connectivity index (χ2v) is 9.17. The molecule has 0 spiro atoms. The van der Waals surface area contributed by atoms with Crippen LogP contribution >= 0.6 is 11.6 Å². The van der Waals surface area contributed by atoms with Crippen LogP contribution in [0.1, 0.15) is 42.1 Å². The molecule has 1 heterocycles. The summed E-state index contributed by atoms with van der Waals surface area (Å²) in [6, 6.07) is 19.5. The summed E-state index contributed by atoms with van der Waals surface area (Å²) in [5, 5.41) is 11.7. The van der Waals surface area contributed by atoms with Gasteiger partial charge in [0.15, 0.2) is 0 Å². The van der Waals surface area contributed by atoms with Gasteiger partial charge in [-0.15, -0.1) is 0 Å². The molecule has 0 radical (unpaired) electrons. The summed E-state index contributed by atoms with van der Waals surface area (Å²) >= 11 is 6.15. The van der Waals surface area contributed by atoms with Crippen molar-refractivity contribution in [1.82, 2.24) is 0 Å². The predicted molar refractivity (Wildman–Crippen MR) is 142 cm³/mol. The number of halogens is 1. The van der Waals surface area contributed by atoms with E-state index in [2.05, 4.69) is 18.7 Å². The van der Waals surface area contributed by atoms with Gasteiger partial charge in [-0.25, -0.2) is 0 Å². The predicted octanol–water partition coefficient (Wildman–Crippen LogP) is 6.43. The molecule has 6 heteroatoms. The Bertz CT molecular complexity index is 1310. The lowest BCUT2D eigenvalue weighted by Crippen LogP contribution is -2.30. The zero-order valence-electron chi connectivity index (χ0n) is 20.4. The van der Waals surface area contributed by atoms with Gasteiger partial charge in [-0.1, -0.05) is 48.0 Å². The molecule has 1 N–H and O–H groups in total. The van der Waals surface area contributed by atoms with Gasteiger partial charge in [0.2, 0.25) is 0 Å². The van der Waals surface area contributed by atoms with Gasteiger partial charge in [0.1, 0.15) is 5.76 Å². The number of hydrogen-bond donors (Lipinski definition) is 1. The number of anilines is 2. The van der Waals surface area contributed by atoms with Crippen LogP contribution in [0.4, 0.5) is 11.4 Å². The fourth-order valence-electron chi connectivity index (χ4n) is 4.62. The SMILES string of the molecule is CCN(CC)c1ccc(C2/C(=C(\O)c3cccc(Cl)c3)C(=O)C(=O)N2c2cc(C)ccc2C)cc1. The third-order valence-electron chi connectivity index (χ3n) is 6.50. The molecule has 0 aromatic heterocycles. The monoisotopic (exact) mass is 488 g/mol. The van der Waals surface area contributed by atoms with E-state index in [0.717, 1.165) is 35.5 Å². The molecular weight excluding hydrogens is 460 g/mol. The lowest BCUT2D eigenvalue weighted by Gasteiger charge is -2.28. The molecule has 35 heavy (non-hydrogen) atoms. The Kier molecular flexibility index (Phi) is 6.99. The first-order chi connectivity index (χ1) is 16.8. The van der Waals surface area contributed by atoms with Crippen molar-refractivity contribution in [2.75, 3.05) is 22.9 Å². The minimum atomic E-state index is -0.778. The van der Waals surface area contributed by atoms with E-state index in [1.165, 1.54) is 4.90 Å². The molecule has 1 aliphatic rings. The van der Waals surface area contributed by atoms with Crippen LogP contribution in [0.15, 0.2) is 72.3 Å². The minimum Gasteiger partial charge on any atom is -0.507 e. The summed E-state index contributed by atoms with van der Waals surface area (Å²) in [4.78, 5) is 30.5. The highest BCUT2D eigenvalue weighted by Crippen LogP contribution is 2.43. The summed E-state index contributed by atoms with van der Waals surface area (Å²) in [6.45, 7) is 9.78. The molecule has 5 nitrogen and oxygen atoms in total. The number of ketones is 1. The van der Waals surface area contributed by atoms with Crippen LogP contribution in [0.3, 0.4) is 0 Å². The summed E-state index contributed by atoms with van der Waals surface area (Å²) in [6.07, 6.45) is 0. The van der Waals surface area contributed by atoms with Crippen molar-refractivity contribution in [2.24, 2.45) is 0 Å². The van der Waals surface area contributed by atoms with Crippen LogP contribution in [0.2, 0.25) is 5.02 Å². The number of amides is 1. The zero-order valence-corrected chi connectivity index (χ0v) is 21.1. The highest BCUT2D eigenvalue weighted by Gasteiger charge is 2.47. The molecule has 1 fully saturated rings. The maximum absolute atomic E-state index is 13.4. The molecule has 3 aromatic carbocycles. The van der Waals surface area contributed by atoms with Gasteiger partial charge < -0.3 is 10.0 Å². The van der Waals surface area contributed by atoms with Gasteiger partial charge in [0, 0.05) is 35.1 Å². The van der Waals surface area contributed by atoms with Crippen LogP contribution in [0.25, 0.3) is 5.76 Å². The molecule has 4 rings (SSSR count). The summed E-state index contributed by atoms with van der Waals surface area (Å²) in [7, 11) is 0. The van der Waals surface area contributed by atoms with Crippen LogP contribution in [-0.2, 0) is 9.59 Å². The molecular formula is C29H29ClN2O3. The average Bonchev–Trinajstić information content (AvgIpc) is 3.11. The summed E-state index contributed by atoms with van der Waals surface area (Å²) < 4.78 is 0. The van der Waals surface area contributed by atoms with Gasteiger partial charge >= 0.3 is 0 Å². The van der Waals surface area contributed by atoms with Crippen molar-refractivity contribution in [2.45, 2.75) is 33.7 Å². The van der Waals surface area contributed by atoms with Crippen LogP contribution in [-0.4, -0.2) is 29.9 Å². The Morgan fingerprint density at radius 1 is 0.971 bits per heavy atom.